The van der Waals surface area contributed by atoms with Crippen LogP contribution in [0, 0.1) is 13.8 Å². The van der Waals surface area contributed by atoms with E-state index in [0.29, 0.717) is 6.42 Å². The Balaban J connectivity index is 2.08. The van der Waals surface area contributed by atoms with Crippen molar-refractivity contribution >= 4 is 28.6 Å². The Labute approximate surface area is 123 Å². The van der Waals surface area contributed by atoms with Gasteiger partial charge in [-0.1, -0.05) is 13.0 Å². The van der Waals surface area contributed by atoms with Crippen molar-refractivity contribution in [1.82, 2.24) is 4.98 Å². The lowest BCUT2D eigenvalue weighted by Gasteiger charge is -2.12. The number of amides is 1. The first-order valence-electron chi connectivity index (χ1n) is 6.63. The fourth-order valence-electron chi connectivity index (χ4n) is 1.81. The molecule has 0 bridgehead atoms. The lowest BCUT2D eigenvalue weighted by Crippen LogP contribution is -2.10. The summed E-state index contributed by atoms with van der Waals surface area (Å²) >= 11 is 1.65. The Morgan fingerprint density at radius 3 is 2.80 bits per heavy atom. The molecule has 4 nitrogen and oxygen atoms in total. The molecule has 1 aromatic heterocycles. The molecule has 0 aliphatic rings. The van der Waals surface area contributed by atoms with Gasteiger partial charge in [0.15, 0.2) is 0 Å². The molecule has 2 N–H and O–H groups in total. The van der Waals surface area contributed by atoms with Gasteiger partial charge in [-0.05, 0) is 31.5 Å². The Morgan fingerprint density at radius 1 is 1.35 bits per heavy atom. The molecule has 1 amide bonds. The summed E-state index contributed by atoms with van der Waals surface area (Å²) in [4.78, 5) is 16.9. The number of thiazole rings is 1. The molecule has 0 atom stereocenters. The van der Waals surface area contributed by atoms with E-state index in [1.54, 1.807) is 11.3 Å². The summed E-state index contributed by atoms with van der Waals surface area (Å²) in [7, 11) is 0. The van der Waals surface area contributed by atoms with Crippen molar-refractivity contribution in [2.75, 3.05) is 10.6 Å². The molecule has 5 heteroatoms. The van der Waals surface area contributed by atoms with E-state index in [1.165, 1.54) is 4.88 Å². The van der Waals surface area contributed by atoms with Crippen molar-refractivity contribution in [3.8, 4) is 0 Å². The van der Waals surface area contributed by atoms with Gasteiger partial charge in [-0.25, -0.2) is 4.98 Å². The van der Waals surface area contributed by atoms with Crippen LogP contribution < -0.4 is 10.6 Å². The molecule has 0 radical (unpaired) electrons. The first kappa shape index (κ1) is 14.5. The third-order valence-corrected chi connectivity index (χ3v) is 4.06. The van der Waals surface area contributed by atoms with Gasteiger partial charge in [0.25, 0.3) is 0 Å². The lowest BCUT2D eigenvalue weighted by molar-refractivity contribution is -0.115. The number of carbonyl (C=O) groups is 1. The van der Waals surface area contributed by atoms with Crippen LogP contribution in [0.4, 0.5) is 11.4 Å². The minimum absolute atomic E-state index is 0.0260. The summed E-state index contributed by atoms with van der Waals surface area (Å²) in [5.41, 5.74) is 5.94. The van der Waals surface area contributed by atoms with Gasteiger partial charge in [-0.2, -0.15) is 0 Å². The zero-order valence-corrected chi connectivity index (χ0v) is 12.8. The number of rotatable bonds is 5. The van der Waals surface area contributed by atoms with Crippen molar-refractivity contribution in [1.29, 1.82) is 0 Å². The summed E-state index contributed by atoms with van der Waals surface area (Å²) < 4.78 is 0. The first-order valence-corrected chi connectivity index (χ1v) is 7.51. The summed E-state index contributed by atoms with van der Waals surface area (Å²) in [5, 5.41) is 6.28. The molecule has 20 heavy (non-hydrogen) atoms. The van der Waals surface area contributed by atoms with Crippen LogP contribution in [0.15, 0.2) is 23.7 Å². The van der Waals surface area contributed by atoms with E-state index in [1.807, 2.05) is 44.5 Å². The normalized spacial score (nSPS) is 10.3. The van der Waals surface area contributed by atoms with E-state index in [0.717, 1.165) is 29.2 Å². The molecule has 0 aliphatic carbocycles. The predicted molar refractivity (Wildman–Crippen MR) is 84.3 cm³/mol. The molecule has 0 unspecified atom stereocenters. The molecule has 1 aromatic carbocycles. The molecular formula is C15H19N3OS. The first-order chi connectivity index (χ1) is 9.60. The number of benzene rings is 1. The van der Waals surface area contributed by atoms with Crippen LogP contribution in [-0.2, 0) is 11.3 Å². The van der Waals surface area contributed by atoms with Crippen LogP contribution in [-0.4, -0.2) is 10.9 Å². The number of hydrogen-bond acceptors (Lipinski definition) is 4. The highest BCUT2D eigenvalue weighted by Gasteiger charge is 2.05. The predicted octanol–water partition coefficient (Wildman–Crippen LogP) is 3.72. The average molecular weight is 289 g/mol. The molecule has 0 spiro atoms. The van der Waals surface area contributed by atoms with E-state index >= 15 is 0 Å². The van der Waals surface area contributed by atoms with Crippen LogP contribution >= 0.6 is 11.3 Å². The molecule has 0 saturated carbocycles. The molecule has 1 heterocycles. The van der Waals surface area contributed by atoms with E-state index in [9.17, 15) is 4.79 Å². The largest absolute Gasteiger partial charge is 0.380 e. The van der Waals surface area contributed by atoms with Crippen molar-refractivity contribution in [2.24, 2.45) is 0 Å². The number of aryl methyl sites for hydroxylation is 2. The summed E-state index contributed by atoms with van der Waals surface area (Å²) in [5.74, 6) is 0.0260. The second-order valence-corrected chi connectivity index (χ2v) is 5.59. The van der Waals surface area contributed by atoms with E-state index in [2.05, 4.69) is 15.6 Å². The molecule has 0 aliphatic heterocycles. The second kappa shape index (κ2) is 6.52. The van der Waals surface area contributed by atoms with Crippen molar-refractivity contribution in [2.45, 2.75) is 33.7 Å². The van der Waals surface area contributed by atoms with Gasteiger partial charge < -0.3 is 10.6 Å². The second-order valence-electron chi connectivity index (χ2n) is 4.65. The summed E-state index contributed by atoms with van der Waals surface area (Å²) in [6, 6.07) is 5.90. The maximum atomic E-state index is 11.4. The maximum Gasteiger partial charge on any atom is 0.224 e. The topological polar surface area (TPSA) is 54.0 Å². The Hall–Kier alpha value is -1.88. The van der Waals surface area contributed by atoms with Gasteiger partial charge in [0.2, 0.25) is 5.91 Å². The number of nitrogens with zero attached hydrogens (tertiary/aromatic N) is 1. The van der Waals surface area contributed by atoms with Crippen LogP contribution in [0.2, 0.25) is 0 Å². The number of aromatic nitrogens is 1. The third-order valence-electron chi connectivity index (χ3n) is 3.13. The van der Waals surface area contributed by atoms with Crippen LogP contribution in [0.5, 0.6) is 0 Å². The maximum absolute atomic E-state index is 11.4. The van der Waals surface area contributed by atoms with Gasteiger partial charge in [-0.15, -0.1) is 11.3 Å². The van der Waals surface area contributed by atoms with Gasteiger partial charge in [0.1, 0.15) is 0 Å². The number of nitrogens with one attached hydrogen (secondary N) is 2. The molecule has 2 aromatic rings. The molecular weight excluding hydrogens is 270 g/mol. The zero-order chi connectivity index (χ0) is 14.5. The Bertz CT molecular complexity index is 607. The van der Waals surface area contributed by atoms with Gasteiger partial charge in [0, 0.05) is 22.7 Å². The smallest absolute Gasteiger partial charge is 0.224 e. The van der Waals surface area contributed by atoms with E-state index in [-0.39, 0.29) is 5.91 Å². The van der Waals surface area contributed by atoms with Crippen LogP contribution in [0.25, 0.3) is 0 Å². The van der Waals surface area contributed by atoms with Crippen molar-refractivity contribution < 1.29 is 4.79 Å². The highest BCUT2D eigenvalue weighted by Crippen LogP contribution is 2.22. The highest BCUT2D eigenvalue weighted by atomic mass is 32.1. The molecule has 0 saturated heterocycles. The quantitative estimate of drug-likeness (QED) is 0.882. The minimum atomic E-state index is 0.0260. The Kier molecular flexibility index (Phi) is 4.74. The summed E-state index contributed by atoms with van der Waals surface area (Å²) in [6.45, 7) is 6.66. The SMILES string of the molecule is CCC(=O)Nc1ccc(C)c(NCc2scnc2C)c1. The van der Waals surface area contributed by atoms with E-state index < -0.39 is 0 Å². The average Bonchev–Trinajstić information content (AvgIpc) is 2.84. The third kappa shape index (κ3) is 3.57. The number of hydrogen-bond donors (Lipinski definition) is 2. The monoisotopic (exact) mass is 289 g/mol. The standard InChI is InChI=1S/C15H19N3OS/c1-4-15(19)18-12-6-5-10(2)13(7-12)16-8-14-11(3)17-9-20-14/h5-7,9,16H,4,8H2,1-3H3,(H,18,19). The van der Waals surface area contributed by atoms with Gasteiger partial charge in [-0.3, -0.25) is 4.79 Å². The minimum Gasteiger partial charge on any atom is -0.380 e. The zero-order valence-electron chi connectivity index (χ0n) is 12.0. The fraction of sp³-hybridized carbons (Fsp3) is 0.333. The van der Waals surface area contributed by atoms with Crippen LogP contribution in [0.1, 0.15) is 29.5 Å². The molecule has 106 valence electrons. The van der Waals surface area contributed by atoms with Crippen molar-refractivity contribution in [3.05, 3.63) is 39.8 Å². The molecule has 2 rings (SSSR count). The Morgan fingerprint density at radius 2 is 2.15 bits per heavy atom. The highest BCUT2D eigenvalue weighted by molar-refractivity contribution is 7.09. The fourth-order valence-corrected chi connectivity index (χ4v) is 2.53. The van der Waals surface area contributed by atoms with Crippen molar-refractivity contribution in [3.63, 3.8) is 0 Å². The van der Waals surface area contributed by atoms with Crippen LogP contribution in [0.3, 0.4) is 0 Å². The molecule has 0 fully saturated rings. The number of anilines is 2. The van der Waals surface area contributed by atoms with E-state index in [4.69, 9.17) is 0 Å². The van der Waals surface area contributed by atoms with Gasteiger partial charge in [0.05, 0.1) is 17.7 Å². The van der Waals surface area contributed by atoms with Gasteiger partial charge >= 0.3 is 0 Å². The lowest BCUT2D eigenvalue weighted by atomic mass is 10.1. The summed E-state index contributed by atoms with van der Waals surface area (Å²) in [6.07, 6.45) is 0.483. The number of carbonyl (C=O) groups excluding carboxylic acids is 1.